The molecule has 0 aliphatic carbocycles. The van der Waals surface area contributed by atoms with Crippen LogP contribution in [-0.4, -0.2) is 35.3 Å². The van der Waals surface area contributed by atoms with E-state index in [1.807, 2.05) is 38.7 Å². The lowest BCUT2D eigenvalue weighted by atomic mass is 9.94. The standard InChI is InChI=1S/C20H26FNO3/c1-5-24-17-8-6-7-16(21)18(17)13-11-14-9-10-15(12-13)22(14)19(23)25-20(2,3)4/h6-8,11,14-15H,5,9-10,12H2,1-4H3. The molecule has 2 unspecified atom stereocenters. The van der Waals surface area contributed by atoms with E-state index in [1.165, 1.54) is 6.07 Å². The average Bonchev–Trinajstić information content (AvgIpc) is 2.77. The lowest BCUT2D eigenvalue weighted by molar-refractivity contribution is 0.0175. The van der Waals surface area contributed by atoms with Crippen molar-refractivity contribution in [2.24, 2.45) is 0 Å². The second-order valence-corrected chi connectivity index (χ2v) is 7.63. The van der Waals surface area contributed by atoms with E-state index in [4.69, 9.17) is 9.47 Å². The van der Waals surface area contributed by atoms with Crippen molar-refractivity contribution >= 4 is 11.7 Å². The maximum absolute atomic E-state index is 14.5. The first-order chi connectivity index (χ1) is 11.8. The van der Waals surface area contributed by atoms with Gasteiger partial charge in [-0.05, 0) is 64.7 Å². The summed E-state index contributed by atoms with van der Waals surface area (Å²) in [6.45, 7) is 7.97. The molecule has 136 valence electrons. The largest absolute Gasteiger partial charge is 0.493 e. The molecule has 1 aromatic carbocycles. The number of amides is 1. The Morgan fingerprint density at radius 3 is 2.72 bits per heavy atom. The minimum absolute atomic E-state index is 0.0438. The van der Waals surface area contributed by atoms with Crippen molar-refractivity contribution in [1.29, 1.82) is 0 Å². The zero-order valence-corrected chi connectivity index (χ0v) is 15.3. The lowest BCUT2D eigenvalue weighted by Gasteiger charge is -2.35. The highest BCUT2D eigenvalue weighted by Gasteiger charge is 2.42. The highest BCUT2D eigenvalue weighted by atomic mass is 19.1. The van der Waals surface area contributed by atoms with Crippen LogP contribution >= 0.6 is 0 Å². The number of nitrogens with zero attached hydrogens (tertiary/aromatic N) is 1. The summed E-state index contributed by atoms with van der Waals surface area (Å²) in [6, 6.07) is 4.92. The van der Waals surface area contributed by atoms with Crippen LogP contribution < -0.4 is 4.74 Å². The first kappa shape index (κ1) is 17.8. The highest BCUT2D eigenvalue weighted by molar-refractivity contribution is 5.77. The highest BCUT2D eigenvalue weighted by Crippen LogP contribution is 2.42. The summed E-state index contributed by atoms with van der Waals surface area (Å²) in [6.07, 6.45) is 4.13. The normalized spacial score (nSPS) is 22.6. The third kappa shape index (κ3) is 3.65. The van der Waals surface area contributed by atoms with E-state index in [2.05, 4.69) is 0 Å². The molecular formula is C20H26FNO3. The van der Waals surface area contributed by atoms with Crippen molar-refractivity contribution in [2.75, 3.05) is 6.61 Å². The van der Waals surface area contributed by atoms with Crippen LogP contribution in [0, 0.1) is 5.82 Å². The van der Waals surface area contributed by atoms with Gasteiger partial charge in [-0.1, -0.05) is 12.1 Å². The van der Waals surface area contributed by atoms with Gasteiger partial charge in [0.15, 0.2) is 0 Å². The van der Waals surface area contributed by atoms with Crippen LogP contribution in [0.5, 0.6) is 5.75 Å². The summed E-state index contributed by atoms with van der Waals surface area (Å²) in [4.78, 5) is 14.3. The van der Waals surface area contributed by atoms with Crippen molar-refractivity contribution in [3.63, 3.8) is 0 Å². The molecule has 1 amide bonds. The van der Waals surface area contributed by atoms with Gasteiger partial charge in [-0.3, -0.25) is 4.90 Å². The molecule has 0 radical (unpaired) electrons. The van der Waals surface area contributed by atoms with Crippen LogP contribution in [0.4, 0.5) is 9.18 Å². The van der Waals surface area contributed by atoms with Gasteiger partial charge < -0.3 is 9.47 Å². The van der Waals surface area contributed by atoms with Crippen LogP contribution in [0.2, 0.25) is 0 Å². The summed E-state index contributed by atoms with van der Waals surface area (Å²) < 4.78 is 25.6. The molecule has 25 heavy (non-hydrogen) atoms. The average molecular weight is 347 g/mol. The summed E-state index contributed by atoms with van der Waals surface area (Å²) in [5.74, 6) is 0.293. The van der Waals surface area contributed by atoms with Gasteiger partial charge in [0.1, 0.15) is 17.2 Å². The van der Waals surface area contributed by atoms with Gasteiger partial charge in [0, 0.05) is 6.04 Å². The minimum atomic E-state index is -0.520. The molecule has 2 aliphatic rings. The number of ether oxygens (including phenoxy) is 2. The van der Waals surface area contributed by atoms with E-state index in [0.717, 1.165) is 18.4 Å². The Labute approximate surface area is 148 Å². The molecule has 2 atom stereocenters. The van der Waals surface area contributed by atoms with E-state index in [0.29, 0.717) is 24.3 Å². The number of rotatable bonds is 3. The van der Waals surface area contributed by atoms with Gasteiger partial charge in [0.05, 0.1) is 18.2 Å². The zero-order chi connectivity index (χ0) is 18.2. The Hall–Kier alpha value is -2.04. The van der Waals surface area contributed by atoms with Crippen molar-refractivity contribution in [1.82, 2.24) is 4.90 Å². The third-order valence-electron chi connectivity index (χ3n) is 4.60. The Kier molecular flexibility index (Phi) is 4.76. The minimum Gasteiger partial charge on any atom is -0.493 e. The van der Waals surface area contributed by atoms with Crippen molar-refractivity contribution < 1.29 is 18.7 Å². The lowest BCUT2D eigenvalue weighted by Crippen LogP contribution is -2.45. The molecule has 3 rings (SSSR count). The van der Waals surface area contributed by atoms with E-state index in [9.17, 15) is 9.18 Å². The topological polar surface area (TPSA) is 38.8 Å². The molecule has 1 saturated heterocycles. The molecule has 0 aromatic heterocycles. The summed E-state index contributed by atoms with van der Waals surface area (Å²) in [5, 5.41) is 0. The number of halogens is 1. The predicted molar refractivity (Wildman–Crippen MR) is 95.0 cm³/mol. The number of hydrogen-bond donors (Lipinski definition) is 0. The number of carbonyl (C=O) groups excluding carboxylic acids is 1. The van der Waals surface area contributed by atoms with Crippen LogP contribution in [0.3, 0.4) is 0 Å². The van der Waals surface area contributed by atoms with E-state index >= 15 is 0 Å². The van der Waals surface area contributed by atoms with E-state index < -0.39 is 5.60 Å². The van der Waals surface area contributed by atoms with Gasteiger partial charge in [-0.15, -0.1) is 0 Å². The quantitative estimate of drug-likeness (QED) is 0.790. The van der Waals surface area contributed by atoms with Crippen LogP contribution in [0.1, 0.15) is 52.5 Å². The van der Waals surface area contributed by atoms with Crippen LogP contribution in [0.25, 0.3) is 5.57 Å². The molecule has 2 heterocycles. The number of carbonyl (C=O) groups is 1. The SMILES string of the molecule is CCOc1cccc(F)c1C1=CC2CCC(C1)N2C(=O)OC(C)(C)C. The second-order valence-electron chi connectivity index (χ2n) is 7.63. The maximum atomic E-state index is 14.5. The van der Waals surface area contributed by atoms with Crippen molar-refractivity contribution in [2.45, 2.75) is 64.6 Å². The molecule has 0 N–H and O–H groups in total. The summed E-state index contributed by atoms with van der Waals surface area (Å²) >= 11 is 0. The molecular weight excluding hydrogens is 321 g/mol. The molecule has 5 heteroatoms. The fourth-order valence-corrected chi connectivity index (χ4v) is 3.71. The second kappa shape index (κ2) is 6.70. The van der Waals surface area contributed by atoms with Gasteiger partial charge >= 0.3 is 6.09 Å². The molecule has 2 bridgehead atoms. The fourth-order valence-electron chi connectivity index (χ4n) is 3.71. The maximum Gasteiger partial charge on any atom is 0.411 e. The Bertz CT molecular complexity index is 693. The number of fused-ring (bicyclic) bond motifs is 2. The Balaban J connectivity index is 1.89. The molecule has 1 fully saturated rings. The predicted octanol–water partition coefficient (Wildman–Crippen LogP) is 4.78. The van der Waals surface area contributed by atoms with Gasteiger partial charge in [0.25, 0.3) is 0 Å². The Morgan fingerprint density at radius 2 is 2.08 bits per heavy atom. The van der Waals surface area contributed by atoms with Crippen molar-refractivity contribution in [3.8, 4) is 5.75 Å². The first-order valence-electron chi connectivity index (χ1n) is 8.94. The number of benzene rings is 1. The Morgan fingerprint density at radius 1 is 1.32 bits per heavy atom. The number of hydrogen-bond acceptors (Lipinski definition) is 3. The van der Waals surface area contributed by atoms with Crippen molar-refractivity contribution in [3.05, 3.63) is 35.7 Å². The summed E-state index contributed by atoms with van der Waals surface area (Å²) in [7, 11) is 0. The van der Waals surface area contributed by atoms with Gasteiger partial charge in [-0.25, -0.2) is 9.18 Å². The zero-order valence-electron chi connectivity index (χ0n) is 15.3. The molecule has 0 spiro atoms. The monoisotopic (exact) mass is 347 g/mol. The molecule has 1 aromatic rings. The molecule has 0 saturated carbocycles. The van der Waals surface area contributed by atoms with Crippen LogP contribution in [-0.2, 0) is 4.74 Å². The third-order valence-corrected chi connectivity index (χ3v) is 4.60. The van der Waals surface area contributed by atoms with E-state index in [-0.39, 0.29) is 24.0 Å². The molecule has 4 nitrogen and oxygen atoms in total. The fraction of sp³-hybridized carbons (Fsp3) is 0.550. The van der Waals surface area contributed by atoms with Crippen LogP contribution in [0.15, 0.2) is 24.3 Å². The molecule has 2 aliphatic heterocycles. The van der Waals surface area contributed by atoms with Gasteiger partial charge in [0.2, 0.25) is 0 Å². The smallest absolute Gasteiger partial charge is 0.411 e. The van der Waals surface area contributed by atoms with Gasteiger partial charge in [-0.2, -0.15) is 0 Å². The first-order valence-corrected chi connectivity index (χ1v) is 8.94. The summed E-state index contributed by atoms with van der Waals surface area (Å²) in [5.41, 5.74) is 0.938. The van der Waals surface area contributed by atoms with E-state index in [1.54, 1.807) is 12.1 Å².